The van der Waals surface area contributed by atoms with Gasteiger partial charge in [0.05, 0.1) is 11.4 Å². The van der Waals surface area contributed by atoms with Crippen molar-refractivity contribution in [1.29, 1.82) is 0 Å². The minimum Gasteiger partial charge on any atom is -0.399 e. The first-order valence-electron chi connectivity index (χ1n) is 6.61. The number of hydrogen-bond donors (Lipinski definition) is 1. The van der Waals surface area contributed by atoms with Crippen LogP contribution in [0.15, 0.2) is 70.4 Å². The van der Waals surface area contributed by atoms with Gasteiger partial charge < -0.3 is 5.73 Å². The maximum Gasteiger partial charge on any atom is 0.185 e. The van der Waals surface area contributed by atoms with Crippen molar-refractivity contribution in [3.8, 4) is 0 Å². The van der Waals surface area contributed by atoms with Crippen LogP contribution < -0.4 is 5.73 Å². The lowest BCUT2D eigenvalue weighted by Gasteiger charge is -1.98. The van der Waals surface area contributed by atoms with Gasteiger partial charge in [0.25, 0.3) is 0 Å². The van der Waals surface area contributed by atoms with Gasteiger partial charge in [-0.25, -0.2) is 0 Å². The van der Waals surface area contributed by atoms with Gasteiger partial charge in [0, 0.05) is 11.3 Å². The van der Waals surface area contributed by atoms with Crippen molar-refractivity contribution in [2.24, 2.45) is 10.2 Å². The molecule has 0 bridgehead atoms. The Labute approximate surface area is 124 Å². The molecule has 21 heavy (non-hydrogen) atoms. The Morgan fingerprint density at radius 2 is 1.38 bits per heavy atom. The molecule has 0 aromatic heterocycles. The summed E-state index contributed by atoms with van der Waals surface area (Å²) in [5.41, 5.74) is 9.34. The molecule has 0 unspecified atom stereocenters. The van der Waals surface area contributed by atoms with Crippen LogP contribution in [0.1, 0.15) is 24.2 Å². The molecule has 2 aromatic rings. The number of azo groups is 1. The van der Waals surface area contributed by atoms with Gasteiger partial charge in [0.15, 0.2) is 5.78 Å². The van der Waals surface area contributed by atoms with Crippen molar-refractivity contribution in [1.82, 2.24) is 0 Å². The van der Waals surface area contributed by atoms with Crippen LogP contribution in [0.5, 0.6) is 0 Å². The Balaban J connectivity index is 2.10. The predicted molar refractivity (Wildman–Crippen MR) is 85.2 cm³/mol. The van der Waals surface area contributed by atoms with Crippen LogP contribution in [-0.2, 0) is 0 Å². The van der Waals surface area contributed by atoms with E-state index in [1.165, 1.54) is 0 Å². The number of allylic oxidation sites excluding steroid dienone is 2. The number of benzene rings is 2. The number of nitrogen functional groups attached to an aromatic ring is 1. The summed E-state index contributed by atoms with van der Waals surface area (Å²) in [6, 6.07) is 14.2. The minimum atomic E-state index is -0.00276. The third-order valence-corrected chi connectivity index (χ3v) is 2.75. The van der Waals surface area contributed by atoms with E-state index in [-0.39, 0.29) is 5.78 Å². The summed E-state index contributed by atoms with van der Waals surface area (Å²) in [6.45, 7) is 3.79. The van der Waals surface area contributed by atoms with E-state index in [4.69, 9.17) is 5.73 Å². The van der Waals surface area contributed by atoms with Crippen LogP contribution in [0.4, 0.5) is 17.1 Å². The molecule has 0 heterocycles. The van der Waals surface area contributed by atoms with E-state index < -0.39 is 0 Å². The zero-order valence-electron chi connectivity index (χ0n) is 12.1. The molecule has 4 nitrogen and oxygen atoms in total. The summed E-state index contributed by atoms with van der Waals surface area (Å²) < 4.78 is 0. The predicted octanol–water partition coefficient (Wildman–Crippen LogP) is 4.83. The number of carbonyl (C=O) groups excluding carboxylic acids is 1. The molecular formula is C17H17N3O. The summed E-state index contributed by atoms with van der Waals surface area (Å²) in [5.74, 6) is -0.00276. The molecule has 106 valence electrons. The summed E-state index contributed by atoms with van der Waals surface area (Å²) in [4.78, 5) is 11.8. The van der Waals surface area contributed by atoms with Gasteiger partial charge >= 0.3 is 0 Å². The van der Waals surface area contributed by atoms with Gasteiger partial charge in [-0.2, -0.15) is 10.2 Å². The molecular weight excluding hydrogens is 262 g/mol. The first kappa shape index (κ1) is 14.7. The molecule has 2 aromatic carbocycles. The SMILES string of the molecule is CC(C)=CC(=O)c1ccc(N=Nc2ccc(N)cc2)cc1. The molecule has 0 saturated carbocycles. The van der Waals surface area contributed by atoms with Gasteiger partial charge in [-0.1, -0.05) is 5.57 Å². The number of nitrogens with zero attached hydrogens (tertiary/aromatic N) is 2. The van der Waals surface area contributed by atoms with Crippen LogP contribution in [-0.4, -0.2) is 5.78 Å². The molecule has 0 fully saturated rings. The first-order chi connectivity index (χ1) is 10.0. The quantitative estimate of drug-likeness (QED) is 0.377. The average Bonchev–Trinajstić information content (AvgIpc) is 2.46. The second-order valence-electron chi connectivity index (χ2n) is 4.92. The molecule has 2 N–H and O–H groups in total. The maximum absolute atomic E-state index is 11.8. The van der Waals surface area contributed by atoms with Crippen molar-refractivity contribution in [2.45, 2.75) is 13.8 Å². The smallest absolute Gasteiger partial charge is 0.185 e. The van der Waals surface area contributed by atoms with E-state index in [9.17, 15) is 4.79 Å². The van der Waals surface area contributed by atoms with E-state index in [1.54, 1.807) is 54.6 Å². The number of nitrogens with two attached hydrogens (primary N) is 1. The normalized spacial score (nSPS) is 10.6. The zero-order chi connectivity index (χ0) is 15.2. The molecule has 0 spiro atoms. The maximum atomic E-state index is 11.8. The Bertz CT molecular complexity index is 679. The standard InChI is InChI=1S/C17H17N3O/c1-12(2)11-17(21)13-3-7-15(8-4-13)19-20-16-9-5-14(18)6-10-16/h3-11H,18H2,1-2H3. The minimum absolute atomic E-state index is 0.00276. The Morgan fingerprint density at radius 1 is 0.905 bits per heavy atom. The van der Waals surface area contributed by atoms with Crippen molar-refractivity contribution in [3.05, 3.63) is 65.7 Å². The van der Waals surface area contributed by atoms with Crippen LogP contribution in [0.3, 0.4) is 0 Å². The molecule has 4 heteroatoms. The Morgan fingerprint density at radius 3 is 1.86 bits per heavy atom. The van der Waals surface area contributed by atoms with Gasteiger partial charge in [0.2, 0.25) is 0 Å². The fourth-order valence-corrected chi connectivity index (χ4v) is 1.69. The Hall–Kier alpha value is -2.75. The number of rotatable bonds is 4. The van der Waals surface area contributed by atoms with E-state index in [0.717, 1.165) is 11.3 Å². The van der Waals surface area contributed by atoms with Gasteiger partial charge in [-0.05, 0) is 68.5 Å². The van der Waals surface area contributed by atoms with Crippen molar-refractivity contribution in [2.75, 3.05) is 5.73 Å². The Kier molecular flexibility index (Phi) is 4.61. The molecule has 0 saturated heterocycles. The highest BCUT2D eigenvalue weighted by molar-refractivity contribution is 6.04. The molecule has 0 amide bonds. The monoisotopic (exact) mass is 279 g/mol. The molecule has 0 radical (unpaired) electrons. The van der Waals surface area contributed by atoms with Gasteiger partial charge in [-0.3, -0.25) is 4.79 Å². The highest BCUT2D eigenvalue weighted by Crippen LogP contribution is 2.20. The van der Waals surface area contributed by atoms with Crippen LogP contribution in [0.25, 0.3) is 0 Å². The molecule has 0 atom stereocenters. The molecule has 2 rings (SSSR count). The van der Waals surface area contributed by atoms with Crippen molar-refractivity contribution in [3.63, 3.8) is 0 Å². The third-order valence-electron chi connectivity index (χ3n) is 2.75. The lowest BCUT2D eigenvalue weighted by molar-refractivity contribution is 0.104. The summed E-state index contributed by atoms with van der Waals surface area (Å²) in [5, 5.41) is 8.24. The van der Waals surface area contributed by atoms with Crippen molar-refractivity contribution < 1.29 is 4.79 Å². The fourth-order valence-electron chi connectivity index (χ4n) is 1.69. The van der Waals surface area contributed by atoms with E-state index in [0.29, 0.717) is 16.9 Å². The first-order valence-corrected chi connectivity index (χ1v) is 6.61. The third kappa shape index (κ3) is 4.38. The largest absolute Gasteiger partial charge is 0.399 e. The van der Waals surface area contributed by atoms with Crippen LogP contribution in [0.2, 0.25) is 0 Å². The van der Waals surface area contributed by atoms with Gasteiger partial charge in [0.1, 0.15) is 0 Å². The lowest BCUT2D eigenvalue weighted by Crippen LogP contribution is -1.93. The topological polar surface area (TPSA) is 67.8 Å². The second-order valence-corrected chi connectivity index (χ2v) is 4.92. The van der Waals surface area contributed by atoms with E-state index in [2.05, 4.69) is 10.2 Å². The fraction of sp³-hybridized carbons (Fsp3) is 0.118. The molecule has 0 aliphatic rings. The number of hydrogen-bond acceptors (Lipinski definition) is 4. The number of carbonyl (C=O) groups is 1. The molecule has 0 aliphatic heterocycles. The van der Waals surface area contributed by atoms with Crippen LogP contribution in [0, 0.1) is 0 Å². The summed E-state index contributed by atoms with van der Waals surface area (Å²) in [7, 11) is 0. The average molecular weight is 279 g/mol. The van der Waals surface area contributed by atoms with Crippen molar-refractivity contribution >= 4 is 22.8 Å². The zero-order valence-corrected chi connectivity index (χ0v) is 12.1. The summed E-state index contributed by atoms with van der Waals surface area (Å²) in [6.07, 6.45) is 1.62. The highest BCUT2D eigenvalue weighted by Gasteiger charge is 2.01. The highest BCUT2D eigenvalue weighted by atomic mass is 16.1. The molecule has 0 aliphatic carbocycles. The number of ketones is 1. The van der Waals surface area contributed by atoms with E-state index >= 15 is 0 Å². The van der Waals surface area contributed by atoms with Gasteiger partial charge in [-0.15, -0.1) is 0 Å². The van der Waals surface area contributed by atoms with E-state index in [1.807, 2.05) is 13.8 Å². The summed E-state index contributed by atoms with van der Waals surface area (Å²) >= 11 is 0. The van der Waals surface area contributed by atoms with Crippen LogP contribution >= 0.6 is 0 Å². The lowest BCUT2D eigenvalue weighted by atomic mass is 10.1. The second kappa shape index (κ2) is 6.61. The number of anilines is 1.